The Labute approximate surface area is 119 Å². The van der Waals surface area contributed by atoms with Gasteiger partial charge in [0.1, 0.15) is 0 Å². The van der Waals surface area contributed by atoms with Gasteiger partial charge in [-0.2, -0.15) is 0 Å². The first-order valence-electron chi connectivity index (χ1n) is 6.58. The minimum absolute atomic E-state index is 0.00584. The van der Waals surface area contributed by atoms with E-state index in [9.17, 15) is 4.79 Å². The molecule has 1 aromatic rings. The van der Waals surface area contributed by atoms with Crippen molar-refractivity contribution in [2.24, 2.45) is 5.73 Å². The molecule has 0 aliphatic heterocycles. The van der Waals surface area contributed by atoms with Crippen molar-refractivity contribution in [1.29, 1.82) is 0 Å². The van der Waals surface area contributed by atoms with Crippen LogP contribution in [0.3, 0.4) is 0 Å². The number of hydrogen-bond donors (Lipinski definition) is 2. The summed E-state index contributed by atoms with van der Waals surface area (Å²) in [7, 11) is 0. The van der Waals surface area contributed by atoms with E-state index in [0.29, 0.717) is 24.7 Å². The molecule has 0 aliphatic carbocycles. The summed E-state index contributed by atoms with van der Waals surface area (Å²) >= 11 is 6.01. The lowest BCUT2D eigenvalue weighted by atomic mass is 10.1. The number of carbonyl (C=O) groups excluding carboxylic acids is 1. The highest BCUT2D eigenvalue weighted by Gasteiger charge is 2.20. The van der Waals surface area contributed by atoms with Crippen LogP contribution in [-0.2, 0) is 4.79 Å². The van der Waals surface area contributed by atoms with Crippen molar-refractivity contribution in [2.45, 2.75) is 19.9 Å². The zero-order valence-electron chi connectivity index (χ0n) is 11.5. The first kappa shape index (κ1) is 16.0. The average Bonchev–Trinajstić information content (AvgIpc) is 2.38. The van der Waals surface area contributed by atoms with Crippen LogP contribution in [0.4, 0.5) is 0 Å². The largest absolute Gasteiger partial charge is 0.355 e. The molecular formula is C14H22ClN3O. The lowest BCUT2D eigenvalue weighted by Crippen LogP contribution is -2.41. The third-order valence-electron chi connectivity index (χ3n) is 3.02. The number of hydrogen-bond acceptors (Lipinski definition) is 3. The Morgan fingerprint density at radius 3 is 2.74 bits per heavy atom. The molecule has 1 aromatic carbocycles. The van der Waals surface area contributed by atoms with Crippen LogP contribution in [0.2, 0.25) is 5.02 Å². The number of nitrogens with two attached hydrogens (primary N) is 1. The Morgan fingerprint density at radius 1 is 1.47 bits per heavy atom. The molecule has 0 heterocycles. The molecule has 1 rings (SSSR count). The Bertz CT molecular complexity index is 411. The van der Waals surface area contributed by atoms with Gasteiger partial charge < -0.3 is 11.1 Å². The van der Waals surface area contributed by atoms with E-state index < -0.39 is 0 Å². The van der Waals surface area contributed by atoms with Gasteiger partial charge in [-0.1, -0.05) is 30.7 Å². The van der Waals surface area contributed by atoms with Crippen LogP contribution in [0.5, 0.6) is 0 Å². The summed E-state index contributed by atoms with van der Waals surface area (Å²) in [6.07, 6.45) is 0. The quantitative estimate of drug-likeness (QED) is 0.802. The van der Waals surface area contributed by atoms with Gasteiger partial charge in [0.05, 0.1) is 6.54 Å². The number of halogens is 1. The second-order valence-electron chi connectivity index (χ2n) is 4.32. The van der Waals surface area contributed by atoms with Crippen molar-refractivity contribution in [3.63, 3.8) is 0 Å². The predicted molar refractivity (Wildman–Crippen MR) is 79.2 cm³/mol. The smallest absolute Gasteiger partial charge is 0.234 e. The summed E-state index contributed by atoms with van der Waals surface area (Å²) in [4.78, 5) is 13.8. The highest BCUT2D eigenvalue weighted by molar-refractivity contribution is 6.30. The maximum Gasteiger partial charge on any atom is 0.234 e. The van der Waals surface area contributed by atoms with Gasteiger partial charge >= 0.3 is 0 Å². The predicted octanol–water partition coefficient (Wildman–Crippen LogP) is 1.80. The molecular weight excluding hydrogens is 262 g/mol. The Morgan fingerprint density at radius 2 is 2.21 bits per heavy atom. The molecule has 0 fully saturated rings. The fourth-order valence-electron chi connectivity index (χ4n) is 2.09. The molecule has 1 unspecified atom stereocenters. The zero-order chi connectivity index (χ0) is 14.3. The number of carbonyl (C=O) groups is 1. The summed E-state index contributed by atoms with van der Waals surface area (Å²) in [6, 6.07) is 7.63. The van der Waals surface area contributed by atoms with E-state index in [4.69, 9.17) is 17.3 Å². The maximum absolute atomic E-state index is 11.7. The molecule has 19 heavy (non-hydrogen) atoms. The van der Waals surface area contributed by atoms with Crippen LogP contribution in [0, 0.1) is 0 Å². The van der Waals surface area contributed by atoms with Crippen LogP contribution in [0.1, 0.15) is 25.5 Å². The molecule has 0 aromatic heterocycles. The van der Waals surface area contributed by atoms with Crippen LogP contribution in [0.15, 0.2) is 24.3 Å². The van der Waals surface area contributed by atoms with Crippen LogP contribution in [0.25, 0.3) is 0 Å². The zero-order valence-corrected chi connectivity index (χ0v) is 12.3. The van der Waals surface area contributed by atoms with Crippen molar-refractivity contribution in [3.05, 3.63) is 34.9 Å². The second-order valence-corrected chi connectivity index (χ2v) is 4.76. The monoisotopic (exact) mass is 283 g/mol. The minimum Gasteiger partial charge on any atom is -0.355 e. The third-order valence-corrected chi connectivity index (χ3v) is 3.26. The molecule has 1 atom stereocenters. The Hall–Kier alpha value is -1.10. The fraction of sp³-hybridized carbons (Fsp3) is 0.500. The lowest BCUT2D eigenvalue weighted by molar-refractivity contribution is -0.122. The highest BCUT2D eigenvalue weighted by Crippen LogP contribution is 2.22. The molecule has 3 N–H and O–H groups in total. The molecule has 0 spiro atoms. The third kappa shape index (κ3) is 4.82. The standard InChI is InChI=1S/C14H22ClN3O/c1-3-17-14(19)10-18(4-2)13(9-16)11-6-5-7-12(15)8-11/h5-8,13H,3-4,9-10,16H2,1-2H3,(H,17,19). The van der Waals surface area contributed by atoms with Crippen LogP contribution < -0.4 is 11.1 Å². The minimum atomic E-state index is 0.00584. The van der Waals surface area contributed by atoms with Crippen LogP contribution >= 0.6 is 11.6 Å². The molecule has 4 nitrogen and oxygen atoms in total. The first-order valence-corrected chi connectivity index (χ1v) is 6.96. The van der Waals surface area contributed by atoms with Crippen LogP contribution in [-0.4, -0.2) is 37.0 Å². The van der Waals surface area contributed by atoms with E-state index in [1.54, 1.807) is 0 Å². The summed E-state index contributed by atoms with van der Waals surface area (Å²) in [5.74, 6) is 0.0184. The molecule has 0 saturated heterocycles. The van der Waals surface area contributed by atoms with Crippen molar-refractivity contribution < 1.29 is 4.79 Å². The van der Waals surface area contributed by atoms with E-state index in [2.05, 4.69) is 10.2 Å². The number of nitrogens with one attached hydrogen (secondary N) is 1. The van der Waals surface area contributed by atoms with E-state index >= 15 is 0 Å². The summed E-state index contributed by atoms with van der Waals surface area (Å²) in [5, 5.41) is 3.49. The van der Waals surface area contributed by atoms with Gasteiger partial charge in [0.2, 0.25) is 5.91 Å². The molecule has 5 heteroatoms. The molecule has 1 amide bonds. The Balaban J connectivity index is 2.83. The average molecular weight is 284 g/mol. The molecule has 0 bridgehead atoms. The topological polar surface area (TPSA) is 58.4 Å². The number of likely N-dealkylation sites (N-methyl/N-ethyl adjacent to an activating group) is 2. The van der Waals surface area contributed by atoms with Gasteiger partial charge in [0, 0.05) is 24.2 Å². The van der Waals surface area contributed by atoms with Gasteiger partial charge in [-0.15, -0.1) is 0 Å². The van der Waals surface area contributed by atoms with Crippen molar-refractivity contribution in [1.82, 2.24) is 10.2 Å². The first-order chi connectivity index (χ1) is 9.12. The van der Waals surface area contributed by atoms with Crippen molar-refractivity contribution in [2.75, 3.05) is 26.2 Å². The number of nitrogens with zero attached hydrogens (tertiary/aromatic N) is 1. The Kier molecular flexibility index (Phi) is 6.84. The second kappa shape index (κ2) is 8.15. The van der Waals surface area contributed by atoms with Gasteiger partial charge in [0.15, 0.2) is 0 Å². The normalized spacial score (nSPS) is 12.5. The molecule has 0 radical (unpaired) electrons. The van der Waals surface area contributed by atoms with E-state index in [1.165, 1.54) is 0 Å². The van der Waals surface area contributed by atoms with Gasteiger partial charge in [-0.25, -0.2) is 0 Å². The van der Waals surface area contributed by atoms with Gasteiger partial charge in [-0.05, 0) is 31.2 Å². The van der Waals surface area contributed by atoms with Crippen molar-refractivity contribution >= 4 is 17.5 Å². The SMILES string of the molecule is CCNC(=O)CN(CC)C(CN)c1cccc(Cl)c1. The van der Waals surface area contributed by atoms with E-state index in [-0.39, 0.29) is 11.9 Å². The van der Waals surface area contributed by atoms with E-state index in [0.717, 1.165) is 12.1 Å². The molecule has 106 valence electrons. The lowest BCUT2D eigenvalue weighted by Gasteiger charge is -2.29. The number of amides is 1. The number of rotatable bonds is 7. The summed E-state index contributed by atoms with van der Waals surface area (Å²) < 4.78 is 0. The van der Waals surface area contributed by atoms with Crippen molar-refractivity contribution in [3.8, 4) is 0 Å². The summed E-state index contributed by atoms with van der Waals surface area (Å²) in [5.41, 5.74) is 6.91. The number of benzene rings is 1. The van der Waals surface area contributed by atoms with E-state index in [1.807, 2.05) is 38.1 Å². The fourth-order valence-corrected chi connectivity index (χ4v) is 2.29. The molecule has 0 aliphatic rings. The maximum atomic E-state index is 11.7. The molecule has 0 saturated carbocycles. The van der Waals surface area contributed by atoms with Gasteiger partial charge in [-0.3, -0.25) is 9.69 Å². The van der Waals surface area contributed by atoms with Gasteiger partial charge in [0.25, 0.3) is 0 Å². The summed E-state index contributed by atoms with van der Waals surface area (Å²) in [6.45, 7) is 6.12. The highest BCUT2D eigenvalue weighted by atomic mass is 35.5.